The average Bonchev–Trinajstić information content (AvgIpc) is 2.85. The third-order valence-corrected chi connectivity index (χ3v) is 6.11. The van der Waals surface area contributed by atoms with Crippen LogP contribution < -0.4 is 15.5 Å². The summed E-state index contributed by atoms with van der Waals surface area (Å²) in [6, 6.07) is 14.0. The van der Waals surface area contributed by atoms with Gasteiger partial charge in [0.1, 0.15) is 0 Å². The van der Waals surface area contributed by atoms with Crippen molar-refractivity contribution in [3.63, 3.8) is 0 Å². The summed E-state index contributed by atoms with van der Waals surface area (Å²) >= 11 is 6.45. The van der Waals surface area contributed by atoms with Crippen LogP contribution in [0.3, 0.4) is 0 Å². The first-order chi connectivity index (χ1) is 16.4. The van der Waals surface area contributed by atoms with Crippen LogP contribution in [0, 0.1) is 6.92 Å². The Hall–Kier alpha value is -3.42. The number of halogens is 1. The molecule has 1 saturated heterocycles. The number of piperazine rings is 1. The first-order valence-corrected chi connectivity index (χ1v) is 11.8. The van der Waals surface area contributed by atoms with Gasteiger partial charge in [-0.1, -0.05) is 31.2 Å². The van der Waals surface area contributed by atoms with Crippen LogP contribution in [-0.2, 0) is 4.79 Å². The summed E-state index contributed by atoms with van der Waals surface area (Å²) in [5.74, 6) is 0.175. The Morgan fingerprint density at radius 2 is 1.94 bits per heavy atom. The van der Waals surface area contributed by atoms with Gasteiger partial charge in [-0.15, -0.1) is 0 Å². The first-order valence-electron chi connectivity index (χ1n) is 11.4. The van der Waals surface area contributed by atoms with E-state index in [9.17, 15) is 4.79 Å². The fraction of sp³-hybridized carbons (Fsp3) is 0.269. The summed E-state index contributed by atoms with van der Waals surface area (Å²) in [5.41, 5.74) is 5.08. The Bertz CT molecular complexity index is 1190. The largest absolute Gasteiger partial charge is 0.369 e. The van der Waals surface area contributed by atoms with Crippen molar-refractivity contribution in [3.8, 4) is 11.3 Å². The molecule has 0 bridgehead atoms. The number of nitrogens with one attached hydrogen (secondary N) is 2. The molecule has 4 rings (SSSR count). The van der Waals surface area contributed by atoms with Gasteiger partial charge >= 0.3 is 0 Å². The smallest absolute Gasteiger partial charge is 0.247 e. The highest BCUT2D eigenvalue weighted by Gasteiger charge is 2.16. The number of hydrogen-bond acceptors (Lipinski definition) is 6. The summed E-state index contributed by atoms with van der Waals surface area (Å²) in [6.07, 6.45) is 2.82. The number of aryl methyl sites for hydroxylation is 1. The molecule has 1 amide bonds. The number of hydrogen-bond donors (Lipinski definition) is 2. The highest BCUT2D eigenvalue weighted by atomic mass is 35.5. The molecule has 1 fully saturated rings. The Morgan fingerprint density at radius 1 is 1.15 bits per heavy atom. The number of nitrogens with zero attached hydrogens (tertiary/aromatic N) is 4. The van der Waals surface area contributed by atoms with E-state index in [-0.39, 0.29) is 5.91 Å². The van der Waals surface area contributed by atoms with Crippen molar-refractivity contribution in [2.75, 3.05) is 48.3 Å². The van der Waals surface area contributed by atoms with Crippen LogP contribution in [0.4, 0.5) is 23.0 Å². The van der Waals surface area contributed by atoms with Crippen molar-refractivity contribution >= 4 is 40.5 Å². The number of amides is 1. The minimum atomic E-state index is -0.274. The van der Waals surface area contributed by atoms with E-state index < -0.39 is 0 Å². The fourth-order valence-corrected chi connectivity index (χ4v) is 4.25. The number of rotatable bonds is 7. The maximum Gasteiger partial charge on any atom is 0.247 e. The van der Waals surface area contributed by atoms with E-state index in [1.807, 2.05) is 37.3 Å². The van der Waals surface area contributed by atoms with Gasteiger partial charge in [0.15, 0.2) is 0 Å². The molecule has 1 aliphatic rings. The second-order valence-electron chi connectivity index (χ2n) is 8.27. The lowest BCUT2D eigenvalue weighted by Gasteiger charge is -2.35. The third-order valence-electron chi connectivity index (χ3n) is 5.83. The lowest BCUT2D eigenvalue weighted by molar-refractivity contribution is -0.111. The third kappa shape index (κ3) is 5.73. The van der Waals surface area contributed by atoms with E-state index in [0.29, 0.717) is 22.4 Å². The second kappa shape index (κ2) is 10.7. The van der Waals surface area contributed by atoms with E-state index in [2.05, 4.69) is 56.0 Å². The summed E-state index contributed by atoms with van der Waals surface area (Å²) in [6.45, 7) is 12.9. The number of carbonyl (C=O) groups excluding carboxylic acids is 1. The van der Waals surface area contributed by atoms with Crippen molar-refractivity contribution in [1.29, 1.82) is 0 Å². The number of benzene rings is 2. The van der Waals surface area contributed by atoms with Crippen LogP contribution >= 0.6 is 11.6 Å². The SMILES string of the molecule is C=CC(=O)Nc1cc(C)cc(-c2nc(Nc3cccc(N4CCN(CC)CC4)c3)ncc2Cl)c1. The molecule has 2 N–H and O–H groups in total. The molecule has 2 heterocycles. The van der Waals surface area contributed by atoms with Gasteiger partial charge in [-0.3, -0.25) is 4.79 Å². The predicted octanol–water partition coefficient (Wildman–Crippen LogP) is 5.12. The quantitative estimate of drug-likeness (QED) is 0.461. The average molecular weight is 477 g/mol. The Kier molecular flexibility index (Phi) is 7.45. The minimum absolute atomic E-state index is 0.274. The van der Waals surface area contributed by atoms with E-state index in [1.54, 1.807) is 6.20 Å². The Labute approximate surface area is 205 Å². The molecule has 0 saturated carbocycles. The van der Waals surface area contributed by atoms with Gasteiger partial charge in [0.2, 0.25) is 11.9 Å². The minimum Gasteiger partial charge on any atom is -0.369 e. The van der Waals surface area contributed by atoms with Crippen LogP contribution in [0.25, 0.3) is 11.3 Å². The van der Waals surface area contributed by atoms with Gasteiger partial charge in [0.05, 0.1) is 16.9 Å². The molecular weight excluding hydrogens is 448 g/mol. The van der Waals surface area contributed by atoms with Crippen molar-refractivity contribution < 1.29 is 4.79 Å². The fourth-order valence-electron chi connectivity index (χ4n) is 4.05. The zero-order chi connectivity index (χ0) is 24.1. The highest BCUT2D eigenvalue weighted by Crippen LogP contribution is 2.30. The van der Waals surface area contributed by atoms with E-state index in [1.165, 1.54) is 11.8 Å². The Morgan fingerprint density at radius 3 is 2.68 bits per heavy atom. The molecule has 0 aliphatic carbocycles. The van der Waals surface area contributed by atoms with Crippen molar-refractivity contribution in [2.24, 2.45) is 0 Å². The van der Waals surface area contributed by atoms with Gasteiger partial charge in [0.25, 0.3) is 0 Å². The molecule has 0 spiro atoms. The van der Waals surface area contributed by atoms with Crippen molar-refractivity contribution in [1.82, 2.24) is 14.9 Å². The van der Waals surface area contributed by atoms with E-state index in [4.69, 9.17) is 11.6 Å². The van der Waals surface area contributed by atoms with Gasteiger partial charge in [-0.2, -0.15) is 0 Å². The van der Waals surface area contributed by atoms with Crippen LogP contribution in [-0.4, -0.2) is 53.5 Å². The molecule has 1 aliphatic heterocycles. The molecule has 0 atom stereocenters. The second-order valence-corrected chi connectivity index (χ2v) is 8.68. The van der Waals surface area contributed by atoms with E-state index >= 15 is 0 Å². The zero-order valence-electron chi connectivity index (χ0n) is 19.5. The molecule has 1 aromatic heterocycles. The van der Waals surface area contributed by atoms with Crippen molar-refractivity contribution in [3.05, 3.63) is 71.9 Å². The van der Waals surface area contributed by atoms with Gasteiger partial charge in [-0.25, -0.2) is 9.97 Å². The molecule has 3 aromatic rings. The van der Waals surface area contributed by atoms with Crippen molar-refractivity contribution in [2.45, 2.75) is 13.8 Å². The number of likely N-dealkylation sites (N-methyl/N-ethyl adjacent to an activating group) is 1. The summed E-state index contributed by atoms with van der Waals surface area (Å²) < 4.78 is 0. The van der Waals surface area contributed by atoms with Crippen LogP contribution in [0.2, 0.25) is 5.02 Å². The topological polar surface area (TPSA) is 73.4 Å². The van der Waals surface area contributed by atoms with Gasteiger partial charge in [0, 0.05) is 48.8 Å². The molecule has 2 aromatic carbocycles. The molecule has 8 heteroatoms. The predicted molar refractivity (Wildman–Crippen MR) is 140 cm³/mol. The first kappa shape index (κ1) is 23.7. The van der Waals surface area contributed by atoms with E-state index in [0.717, 1.165) is 49.5 Å². The normalized spacial score (nSPS) is 14.0. The maximum atomic E-state index is 11.7. The van der Waals surface area contributed by atoms with Crippen LogP contribution in [0.1, 0.15) is 12.5 Å². The molecule has 0 unspecified atom stereocenters. The summed E-state index contributed by atoms with van der Waals surface area (Å²) in [5, 5.41) is 6.53. The number of carbonyl (C=O) groups is 1. The Balaban J connectivity index is 1.56. The molecule has 176 valence electrons. The molecular formula is C26H29ClN6O. The zero-order valence-corrected chi connectivity index (χ0v) is 20.3. The molecule has 0 radical (unpaired) electrons. The van der Waals surface area contributed by atoms with Gasteiger partial charge in [-0.05, 0) is 61.5 Å². The molecule has 34 heavy (non-hydrogen) atoms. The summed E-state index contributed by atoms with van der Waals surface area (Å²) in [4.78, 5) is 25.6. The van der Waals surface area contributed by atoms with Crippen LogP contribution in [0.15, 0.2) is 61.3 Å². The lowest BCUT2D eigenvalue weighted by atomic mass is 10.1. The molecule has 7 nitrogen and oxygen atoms in total. The number of anilines is 4. The lowest BCUT2D eigenvalue weighted by Crippen LogP contribution is -2.46. The standard InChI is InChI=1S/C26H29ClN6O/c1-4-24(34)29-21-14-18(3)13-19(15-21)25-23(27)17-28-26(31-25)30-20-7-6-8-22(16-20)33-11-9-32(5-2)10-12-33/h4,6-8,13-17H,1,5,9-12H2,2-3H3,(H,29,34)(H,28,30,31). The number of aromatic nitrogens is 2. The summed E-state index contributed by atoms with van der Waals surface area (Å²) in [7, 11) is 0. The maximum absolute atomic E-state index is 11.7. The monoisotopic (exact) mass is 476 g/mol. The van der Waals surface area contributed by atoms with Gasteiger partial charge < -0.3 is 20.4 Å². The highest BCUT2D eigenvalue weighted by molar-refractivity contribution is 6.33. The van der Waals surface area contributed by atoms with Crippen LogP contribution in [0.5, 0.6) is 0 Å².